The second kappa shape index (κ2) is 5.66. The van der Waals surface area contributed by atoms with Crippen molar-refractivity contribution in [2.24, 2.45) is 5.73 Å². The molecule has 0 heterocycles. The molecule has 0 unspecified atom stereocenters. The molecule has 0 aliphatic carbocycles. The second-order valence-corrected chi connectivity index (χ2v) is 5.23. The number of nitrogens with two attached hydrogens (primary N) is 1. The Hall–Kier alpha value is -0.580. The summed E-state index contributed by atoms with van der Waals surface area (Å²) in [6, 6.07) is 5.76. The Balaban J connectivity index is 2.55. The molecule has 0 aromatic heterocycles. The van der Waals surface area contributed by atoms with Crippen LogP contribution in [0.5, 0.6) is 5.75 Å². The smallest absolute Gasteiger partial charge is 0.133 e. The van der Waals surface area contributed by atoms with Gasteiger partial charge in [0.1, 0.15) is 5.75 Å². The summed E-state index contributed by atoms with van der Waals surface area (Å²) >= 11 is 3.43. The third-order valence-electron chi connectivity index (χ3n) is 2.20. The molecule has 0 fully saturated rings. The predicted octanol–water partition coefficient (Wildman–Crippen LogP) is 2.45. The van der Waals surface area contributed by atoms with Gasteiger partial charge in [-0.1, -0.05) is 6.07 Å². The van der Waals surface area contributed by atoms with Crippen LogP contribution in [-0.4, -0.2) is 17.3 Å². The van der Waals surface area contributed by atoms with E-state index in [2.05, 4.69) is 15.9 Å². The Kier molecular flexibility index (Phi) is 4.77. The van der Waals surface area contributed by atoms with Gasteiger partial charge in [-0.2, -0.15) is 0 Å². The Labute approximate surface area is 105 Å². The Morgan fingerprint density at radius 1 is 1.44 bits per heavy atom. The average molecular weight is 288 g/mol. The molecule has 1 rings (SSSR count). The van der Waals surface area contributed by atoms with Crippen molar-refractivity contribution in [2.75, 3.05) is 6.61 Å². The van der Waals surface area contributed by atoms with Gasteiger partial charge in [-0.15, -0.1) is 0 Å². The summed E-state index contributed by atoms with van der Waals surface area (Å²) in [4.78, 5) is 0. The summed E-state index contributed by atoms with van der Waals surface area (Å²) in [6.07, 6.45) is 0.595. The lowest BCUT2D eigenvalue weighted by Crippen LogP contribution is -2.21. The molecule has 0 aliphatic rings. The molecule has 0 bridgehead atoms. The zero-order valence-corrected chi connectivity index (χ0v) is 11.3. The topological polar surface area (TPSA) is 55.5 Å². The van der Waals surface area contributed by atoms with E-state index in [1.54, 1.807) is 13.8 Å². The van der Waals surface area contributed by atoms with Crippen LogP contribution >= 0.6 is 15.9 Å². The SMILES string of the molecule is CC(C)(O)CCOc1ccc(CN)cc1Br. The summed E-state index contributed by atoms with van der Waals surface area (Å²) in [7, 11) is 0. The molecule has 0 atom stereocenters. The van der Waals surface area contributed by atoms with Gasteiger partial charge in [-0.05, 0) is 47.5 Å². The lowest BCUT2D eigenvalue weighted by atomic mass is 10.1. The van der Waals surface area contributed by atoms with Crippen LogP contribution in [0.4, 0.5) is 0 Å². The third kappa shape index (κ3) is 4.51. The minimum Gasteiger partial charge on any atom is -0.492 e. The molecule has 0 saturated heterocycles. The van der Waals surface area contributed by atoms with E-state index in [-0.39, 0.29) is 0 Å². The van der Waals surface area contributed by atoms with Crippen LogP contribution in [0.25, 0.3) is 0 Å². The first-order valence-corrected chi connectivity index (χ1v) is 6.05. The average Bonchev–Trinajstić information content (AvgIpc) is 2.18. The first kappa shape index (κ1) is 13.5. The molecule has 3 N–H and O–H groups in total. The van der Waals surface area contributed by atoms with Crippen molar-refractivity contribution in [2.45, 2.75) is 32.4 Å². The van der Waals surface area contributed by atoms with Crippen LogP contribution in [0.2, 0.25) is 0 Å². The van der Waals surface area contributed by atoms with Crippen LogP contribution in [0.15, 0.2) is 22.7 Å². The third-order valence-corrected chi connectivity index (χ3v) is 2.82. The van der Waals surface area contributed by atoms with Crippen LogP contribution in [0, 0.1) is 0 Å². The highest BCUT2D eigenvalue weighted by atomic mass is 79.9. The Morgan fingerprint density at radius 3 is 2.62 bits per heavy atom. The summed E-state index contributed by atoms with van der Waals surface area (Å²) in [5.41, 5.74) is 5.90. The summed E-state index contributed by atoms with van der Waals surface area (Å²) in [5.74, 6) is 0.779. The highest BCUT2D eigenvalue weighted by molar-refractivity contribution is 9.10. The van der Waals surface area contributed by atoms with E-state index in [1.807, 2.05) is 18.2 Å². The fourth-order valence-corrected chi connectivity index (χ4v) is 1.74. The molecule has 0 aliphatic heterocycles. The molecule has 16 heavy (non-hydrogen) atoms. The van der Waals surface area contributed by atoms with Crippen LogP contribution in [0.3, 0.4) is 0 Å². The first-order chi connectivity index (χ1) is 7.42. The molecular formula is C12H18BrNO2. The van der Waals surface area contributed by atoms with Crippen LogP contribution in [0.1, 0.15) is 25.8 Å². The van der Waals surface area contributed by atoms with Gasteiger partial charge in [-0.25, -0.2) is 0 Å². The van der Waals surface area contributed by atoms with Gasteiger partial charge in [0.25, 0.3) is 0 Å². The lowest BCUT2D eigenvalue weighted by molar-refractivity contribution is 0.0552. The molecule has 0 amide bonds. The first-order valence-electron chi connectivity index (χ1n) is 5.26. The van der Waals surface area contributed by atoms with E-state index in [0.29, 0.717) is 19.6 Å². The van der Waals surface area contributed by atoms with Crippen molar-refractivity contribution in [1.82, 2.24) is 0 Å². The van der Waals surface area contributed by atoms with E-state index in [4.69, 9.17) is 10.5 Å². The molecule has 0 radical (unpaired) electrons. The minimum absolute atomic E-state index is 0.490. The second-order valence-electron chi connectivity index (χ2n) is 4.38. The lowest BCUT2D eigenvalue weighted by Gasteiger charge is -2.17. The van der Waals surface area contributed by atoms with Crippen molar-refractivity contribution in [1.29, 1.82) is 0 Å². The number of hydrogen-bond donors (Lipinski definition) is 2. The fraction of sp³-hybridized carbons (Fsp3) is 0.500. The molecule has 1 aromatic carbocycles. The van der Waals surface area contributed by atoms with Gasteiger partial charge in [0, 0.05) is 13.0 Å². The number of aliphatic hydroxyl groups is 1. The highest BCUT2D eigenvalue weighted by Gasteiger charge is 2.12. The molecule has 4 heteroatoms. The molecule has 3 nitrogen and oxygen atoms in total. The van der Waals surface area contributed by atoms with Crippen molar-refractivity contribution in [3.8, 4) is 5.75 Å². The number of halogens is 1. The van der Waals surface area contributed by atoms with Crippen molar-refractivity contribution >= 4 is 15.9 Å². The van der Waals surface area contributed by atoms with E-state index < -0.39 is 5.60 Å². The maximum atomic E-state index is 9.54. The fourth-order valence-electron chi connectivity index (χ4n) is 1.20. The summed E-state index contributed by atoms with van der Waals surface area (Å²) in [6.45, 7) is 4.54. The number of rotatable bonds is 5. The van der Waals surface area contributed by atoms with E-state index in [9.17, 15) is 5.11 Å². The summed E-state index contributed by atoms with van der Waals surface area (Å²) in [5, 5.41) is 9.54. The molecule has 0 spiro atoms. The number of hydrogen-bond acceptors (Lipinski definition) is 3. The Bertz CT molecular complexity index is 347. The number of benzene rings is 1. The highest BCUT2D eigenvalue weighted by Crippen LogP contribution is 2.26. The van der Waals surface area contributed by atoms with Gasteiger partial charge >= 0.3 is 0 Å². The van der Waals surface area contributed by atoms with Crippen molar-refractivity contribution < 1.29 is 9.84 Å². The van der Waals surface area contributed by atoms with Crippen molar-refractivity contribution in [3.63, 3.8) is 0 Å². The molecule has 1 aromatic rings. The normalized spacial score (nSPS) is 11.6. The van der Waals surface area contributed by atoms with Gasteiger partial charge in [0.05, 0.1) is 16.7 Å². The van der Waals surface area contributed by atoms with Gasteiger partial charge < -0.3 is 15.6 Å². The maximum absolute atomic E-state index is 9.54. The monoisotopic (exact) mass is 287 g/mol. The standard InChI is InChI=1S/C12H18BrNO2/c1-12(2,15)5-6-16-11-4-3-9(8-14)7-10(11)13/h3-4,7,15H,5-6,8,14H2,1-2H3. The number of ether oxygens (including phenoxy) is 1. The van der Waals surface area contributed by atoms with E-state index >= 15 is 0 Å². The van der Waals surface area contributed by atoms with Crippen molar-refractivity contribution in [3.05, 3.63) is 28.2 Å². The van der Waals surface area contributed by atoms with Gasteiger partial charge in [0.15, 0.2) is 0 Å². The zero-order chi connectivity index (χ0) is 12.2. The Morgan fingerprint density at radius 2 is 2.12 bits per heavy atom. The molecular weight excluding hydrogens is 270 g/mol. The predicted molar refractivity (Wildman–Crippen MR) is 68.4 cm³/mol. The zero-order valence-electron chi connectivity index (χ0n) is 9.66. The molecule has 0 saturated carbocycles. The van der Waals surface area contributed by atoms with E-state index in [0.717, 1.165) is 15.8 Å². The largest absolute Gasteiger partial charge is 0.492 e. The maximum Gasteiger partial charge on any atom is 0.133 e. The quantitative estimate of drug-likeness (QED) is 0.875. The van der Waals surface area contributed by atoms with Gasteiger partial charge in [0.2, 0.25) is 0 Å². The van der Waals surface area contributed by atoms with Crippen LogP contribution < -0.4 is 10.5 Å². The van der Waals surface area contributed by atoms with Gasteiger partial charge in [-0.3, -0.25) is 0 Å². The van der Waals surface area contributed by atoms with Crippen LogP contribution in [-0.2, 0) is 6.54 Å². The summed E-state index contributed by atoms with van der Waals surface area (Å²) < 4.78 is 6.46. The van der Waals surface area contributed by atoms with E-state index in [1.165, 1.54) is 0 Å². The minimum atomic E-state index is -0.691. The molecule has 90 valence electrons.